The third kappa shape index (κ3) is 4.08. The first-order valence-electron chi connectivity index (χ1n) is 8.03. The van der Waals surface area contributed by atoms with Crippen molar-refractivity contribution < 1.29 is 19.1 Å². The molecule has 0 unspecified atom stereocenters. The largest absolute Gasteiger partial charge is 0.464 e. The van der Waals surface area contributed by atoms with Crippen molar-refractivity contribution in [2.45, 2.75) is 26.8 Å². The van der Waals surface area contributed by atoms with Crippen LogP contribution in [0.2, 0.25) is 0 Å². The van der Waals surface area contributed by atoms with Gasteiger partial charge in [-0.15, -0.1) is 0 Å². The summed E-state index contributed by atoms with van der Waals surface area (Å²) in [6.07, 6.45) is 1.84. The van der Waals surface area contributed by atoms with E-state index >= 15 is 0 Å². The lowest BCUT2D eigenvalue weighted by Gasteiger charge is -2.11. The quantitative estimate of drug-likeness (QED) is 0.741. The molecule has 8 nitrogen and oxygen atoms in total. The summed E-state index contributed by atoms with van der Waals surface area (Å²) in [7, 11) is 2.86. The summed E-state index contributed by atoms with van der Waals surface area (Å²) < 4.78 is 11.7. The molecule has 136 valence electrons. The van der Waals surface area contributed by atoms with E-state index in [-0.39, 0.29) is 17.5 Å². The summed E-state index contributed by atoms with van der Waals surface area (Å²) in [5.41, 5.74) is 7.41. The van der Waals surface area contributed by atoms with Crippen molar-refractivity contribution in [2.24, 2.45) is 5.92 Å². The minimum Gasteiger partial charge on any atom is -0.464 e. The zero-order chi connectivity index (χ0) is 18.6. The average molecular weight is 348 g/mol. The number of nitrogen functional groups attached to an aromatic ring is 1. The highest BCUT2D eigenvalue weighted by atomic mass is 16.5. The number of ether oxygens (including phenoxy) is 2. The van der Waals surface area contributed by atoms with Crippen LogP contribution in [-0.4, -0.2) is 42.3 Å². The Labute approximate surface area is 146 Å². The number of anilines is 2. The number of aromatic nitrogens is 2. The minimum atomic E-state index is -0.562. The first-order valence-corrected chi connectivity index (χ1v) is 8.03. The van der Waals surface area contributed by atoms with Crippen LogP contribution in [0.5, 0.6) is 0 Å². The first-order chi connectivity index (χ1) is 11.9. The average Bonchev–Trinajstić information content (AvgIpc) is 2.84. The Bertz CT molecular complexity index is 783. The van der Waals surface area contributed by atoms with Crippen molar-refractivity contribution in [1.82, 2.24) is 9.55 Å². The van der Waals surface area contributed by atoms with E-state index in [0.717, 1.165) is 0 Å². The molecule has 0 bridgehead atoms. The summed E-state index contributed by atoms with van der Waals surface area (Å²) in [4.78, 5) is 29.0. The third-order valence-corrected chi connectivity index (χ3v) is 3.68. The number of fused-ring (bicyclic) bond motifs is 1. The molecule has 25 heavy (non-hydrogen) atoms. The number of nitrogens with one attached hydrogen (secondary N) is 1. The molecule has 0 aliphatic carbocycles. The van der Waals surface area contributed by atoms with Crippen molar-refractivity contribution in [3.8, 4) is 0 Å². The van der Waals surface area contributed by atoms with E-state index in [4.69, 9.17) is 15.2 Å². The highest BCUT2D eigenvalue weighted by Gasteiger charge is 2.26. The lowest BCUT2D eigenvalue weighted by atomic mass is 10.1. The van der Waals surface area contributed by atoms with Gasteiger partial charge in [0, 0.05) is 25.5 Å². The molecule has 0 atom stereocenters. The highest BCUT2D eigenvalue weighted by Crippen LogP contribution is 2.32. The second-order valence-corrected chi connectivity index (χ2v) is 6.15. The summed E-state index contributed by atoms with van der Waals surface area (Å²) in [5.74, 6) is -0.562. The second kappa shape index (κ2) is 7.98. The first kappa shape index (κ1) is 18.7. The smallest absolute Gasteiger partial charge is 0.356 e. The Kier molecular flexibility index (Phi) is 5.97. The number of rotatable bonds is 7. The molecule has 0 fully saturated rings. The topological polar surface area (TPSA) is 108 Å². The maximum absolute atomic E-state index is 12.4. The van der Waals surface area contributed by atoms with E-state index in [1.807, 2.05) is 13.8 Å². The highest BCUT2D eigenvalue weighted by molar-refractivity contribution is 6.11. The van der Waals surface area contributed by atoms with E-state index in [1.165, 1.54) is 13.3 Å². The summed E-state index contributed by atoms with van der Waals surface area (Å²) in [5, 5.41) is 3.42. The van der Waals surface area contributed by atoms with Crippen LogP contribution in [0.3, 0.4) is 0 Å². The van der Waals surface area contributed by atoms with Crippen molar-refractivity contribution in [3.63, 3.8) is 0 Å². The lowest BCUT2D eigenvalue weighted by Crippen LogP contribution is -2.19. The predicted octanol–water partition coefficient (Wildman–Crippen LogP) is 2.04. The van der Waals surface area contributed by atoms with Gasteiger partial charge in [0.2, 0.25) is 5.91 Å². The van der Waals surface area contributed by atoms with E-state index in [0.29, 0.717) is 42.0 Å². The molecule has 2 aromatic rings. The molecule has 1 amide bonds. The van der Waals surface area contributed by atoms with Gasteiger partial charge < -0.3 is 25.1 Å². The van der Waals surface area contributed by atoms with Gasteiger partial charge in [-0.3, -0.25) is 4.79 Å². The van der Waals surface area contributed by atoms with Crippen molar-refractivity contribution >= 4 is 34.3 Å². The molecule has 0 radical (unpaired) electrons. The van der Waals surface area contributed by atoms with Gasteiger partial charge in [-0.1, -0.05) is 13.8 Å². The number of nitrogens with two attached hydrogens (primary N) is 1. The van der Waals surface area contributed by atoms with Crippen LogP contribution in [0.4, 0.5) is 11.4 Å². The van der Waals surface area contributed by atoms with Crippen molar-refractivity contribution in [3.05, 3.63) is 18.0 Å². The number of methoxy groups -OCH3 is 2. The fourth-order valence-corrected chi connectivity index (χ4v) is 2.64. The molecule has 2 rings (SSSR count). The molecule has 0 aliphatic rings. The SMILES string of the molecule is COCCn1c(C(=O)OC)c(NC(=O)CC(C)C)c2cc(N)cnc21. The van der Waals surface area contributed by atoms with E-state index in [2.05, 4.69) is 10.3 Å². The van der Waals surface area contributed by atoms with Crippen LogP contribution < -0.4 is 11.1 Å². The molecule has 0 spiro atoms. The number of carbonyl (C=O) groups is 2. The Hall–Kier alpha value is -2.61. The maximum Gasteiger partial charge on any atom is 0.356 e. The summed E-state index contributed by atoms with van der Waals surface area (Å²) in [6.45, 7) is 4.65. The van der Waals surface area contributed by atoms with Gasteiger partial charge in [-0.25, -0.2) is 9.78 Å². The van der Waals surface area contributed by atoms with Crippen LogP contribution >= 0.6 is 0 Å². The monoisotopic (exact) mass is 348 g/mol. The summed E-state index contributed by atoms with van der Waals surface area (Å²) >= 11 is 0. The molecule has 0 saturated heterocycles. The van der Waals surface area contributed by atoms with E-state index in [9.17, 15) is 9.59 Å². The molecule has 2 aromatic heterocycles. The zero-order valence-corrected chi connectivity index (χ0v) is 15.0. The van der Waals surface area contributed by atoms with Gasteiger partial charge >= 0.3 is 5.97 Å². The number of hydrogen-bond acceptors (Lipinski definition) is 6. The lowest BCUT2D eigenvalue weighted by molar-refractivity contribution is -0.116. The minimum absolute atomic E-state index is 0.187. The molecule has 0 aromatic carbocycles. The predicted molar refractivity (Wildman–Crippen MR) is 95.4 cm³/mol. The van der Waals surface area contributed by atoms with Crippen molar-refractivity contribution in [1.29, 1.82) is 0 Å². The number of pyridine rings is 1. The third-order valence-electron chi connectivity index (χ3n) is 3.68. The van der Waals surface area contributed by atoms with Gasteiger partial charge in [0.05, 0.1) is 31.3 Å². The number of amides is 1. The molecule has 0 saturated carbocycles. The van der Waals surface area contributed by atoms with Gasteiger partial charge in [0.15, 0.2) is 5.69 Å². The van der Waals surface area contributed by atoms with Crippen LogP contribution in [-0.2, 0) is 20.8 Å². The number of carbonyl (C=O) groups excluding carboxylic acids is 2. The zero-order valence-electron chi connectivity index (χ0n) is 15.0. The van der Waals surface area contributed by atoms with Gasteiger partial charge in [0.1, 0.15) is 5.65 Å². The Morgan fingerprint density at radius 3 is 2.68 bits per heavy atom. The Balaban J connectivity index is 2.64. The van der Waals surface area contributed by atoms with Crippen LogP contribution in [0, 0.1) is 5.92 Å². The Morgan fingerprint density at radius 2 is 2.08 bits per heavy atom. The van der Waals surface area contributed by atoms with Crippen LogP contribution in [0.1, 0.15) is 30.8 Å². The molecule has 8 heteroatoms. The normalized spacial score (nSPS) is 11.1. The number of nitrogens with zero attached hydrogens (tertiary/aromatic N) is 2. The fraction of sp³-hybridized carbons (Fsp3) is 0.471. The number of hydrogen-bond donors (Lipinski definition) is 2. The van der Waals surface area contributed by atoms with Crippen LogP contribution in [0.25, 0.3) is 11.0 Å². The van der Waals surface area contributed by atoms with Crippen LogP contribution in [0.15, 0.2) is 12.3 Å². The fourth-order valence-electron chi connectivity index (χ4n) is 2.64. The molecular formula is C17H24N4O4. The standard InChI is InChI=1S/C17H24N4O4/c1-10(2)7-13(22)20-14-12-8-11(18)9-19-16(12)21(5-6-24-3)15(14)17(23)25-4/h8-10H,5-7,18H2,1-4H3,(H,20,22). The summed E-state index contributed by atoms with van der Waals surface area (Å²) in [6, 6.07) is 1.68. The van der Waals surface area contributed by atoms with Gasteiger partial charge in [0.25, 0.3) is 0 Å². The van der Waals surface area contributed by atoms with Crippen molar-refractivity contribution in [2.75, 3.05) is 31.9 Å². The molecule has 0 aliphatic heterocycles. The number of esters is 1. The van der Waals surface area contributed by atoms with Gasteiger partial charge in [-0.2, -0.15) is 0 Å². The second-order valence-electron chi connectivity index (χ2n) is 6.15. The Morgan fingerprint density at radius 1 is 1.36 bits per heavy atom. The van der Waals surface area contributed by atoms with Gasteiger partial charge in [-0.05, 0) is 12.0 Å². The maximum atomic E-state index is 12.4. The molecular weight excluding hydrogens is 324 g/mol. The molecule has 3 N–H and O–H groups in total. The van der Waals surface area contributed by atoms with E-state index in [1.54, 1.807) is 17.7 Å². The molecule has 2 heterocycles. The van der Waals surface area contributed by atoms with E-state index < -0.39 is 5.97 Å².